The zero-order valence-corrected chi connectivity index (χ0v) is 11.7. The number of hydrogen-bond acceptors (Lipinski definition) is 0. The third-order valence-electron chi connectivity index (χ3n) is 4.50. The summed E-state index contributed by atoms with van der Waals surface area (Å²) in [6, 6.07) is 5.30. The van der Waals surface area contributed by atoms with Crippen molar-refractivity contribution in [3.05, 3.63) is 47.8 Å². The van der Waals surface area contributed by atoms with Crippen LogP contribution in [0.25, 0.3) is 0 Å². The third kappa shape index (κ3) is 2.00. The first-order valence-electron chi connectivity index (χ1n) is 6.94. The molecule has 0 saturated carbocycles. The molecule has 0 N–H and O–H groups in total. The van der Waals surface area contributed by atoms with E-state index in [2.05, 4.69) is 33.4 Å². The summed E-state index contributed by atoms with van der Waals surface area (Å²) in [4.78, 5) is 0. The maximum absolute atomic E-state index is 13.5. The maximum Gasteiger partial charge on any atom is 0.123 e. The van der Waals surface area contributed by atoms with Crippen molar-refractivity contribution in [3.63, 3.8) is 0 Å². The summed E-state index contributed by atoms with van der Waals surface area (Å²) in [5, 5.41) is 0. The van der Waals surface area contributed by atoms with E-state index in [1.807, 2.05) is 6.07 Å². The Morgan fingerprint density at radius 1 is 1.39 bits per heavy atom. The van der Waals surface area contributed by atoms with Crippen molar-refractivity contribution in [2.45, 2.75) is 51.4 Å². The van der Waals surface area contributed by atoms with Crippen LogP contribution in [0, 0.1) is 11.7 Å². The summed E-state index contributed by atoms with van der Waals surface area (Å²) < 4.78 is 13.5. The van der Waals surface area contributed by atoms with Gasteiger partial charge in [0.15, 0.2) is 0 Å². The van der Waals surface area contributed by atoms with Gasteiger partial charge in [0.05, 0.1) is 0 Å². The number of halogens is 1. The predicted octanol–water partition coefficient (Wildman–Crippen LogP) is 5.19. The fraction of sp³-hybridized carbons (Fsp3) is 0.529. The molecule has 0 nitrogen and oxygen atoms in total. The van der Waals surface area contributed by atoms with Gasteiger partial charge in [-0.1, -0.05) is 45.8 Å². The third-order valence-corrected chi connectivity index (χ3v) is 4.50. The molecule has 98 valence electrons. The molecule has 1 aliphatic rings. The van der Waals surface area contributed by atoms with E-state index in [1.165, 1.54) is 30.4 Å². The summed E-state index contributed by atoms with van der Waals surface area (Å²) in [6.45, 7) is 10.6. The predicted molar refractivity (Wildman–Crippen MR) is 75.4 cm³/mol. The summed E-state index contributed by atoms with van der Waals surface area (Å²) in [5.74, 6) is 0.801. The molecule has 1 aromatic rings. The smallest absolute Gasteiger partial charge is 0.123 e. The highest BCUT2D eigenvalue weighted by Crippen LogP contribution is 2.52. The molecule has 0 heterocycles. The Morgan fingerprint density at radius 2 is 2.11 bits per heavy atom. The molecule has 0 fully saturated rings. The molecule has 2 atom stereocenters. The van der Waals surface area contributed by atoms with Gasteiger partial charge in [0.2, 0.25) is 0 Å². The average molecular weight is 246 g/mol. The Hall–Kier alpha value is -1.11. The van der Waals surface area contributed by atoms with E-state index in [-0.39, 0.29) is 11.2 Å². The monoisotopic (exact) mass is 246 g/mol. The van der Waals surface area contributed by atoms with Crippen molar-refractivity contribution < 1.29 is 4.39 Å². The van der Waals surface area contributed by atoms with Gasteiger partial charge in [0.1, 0.15) is 5.82 Å². The summed E-state index contributed by atoms with van der Waals surface area (Å²) in [6.07, 6.45) is 5.67. The number of allylic oxidation sites excluding steroid dienone is 1. The molecule has 18 heavy (non-hydrogen) atoms. The van der Waals surface area contributed by atoms with Crippen LogP contribution in [0.2, 0.25) is 0 Å². The first-order valence-corrected chi connectivity index (χ1v) is 6.94. The summed E-state index contributed by atoms with van der Waals surface area (Å²) >= 11 is 0. The van der Waals surface area contributed by atoms with Crippen LogP contribution in [-0.2, 0) is 5.41 Å². The van der Waals surface area contributed by atoms with Gasteiger partial charge in [-0.3, -0.25) is 0 Å². The van der Waals surface area contributed by atoms with Crippen molar-refractivity contribution >= 4 is 0 Å². The van der Waals surface area contributed by atoms with E-state index in [4.69, 9.17) is 0 Å². The lowest BCUT2D eigenvalue weighted by atomic mass is 9.75. The van der Waals surface area contributed by atoms with Crippen LogP contribution in [0.15, 0.2) is 30.9 Å². The number of rotatable bonds is 4. The lowest BCUT2D eigenvalue weighted by Crippen LogP contribution is -2.24. The Labute approximate surface area is 110 Å². The average Bonchev–Trinajstić information content (AvgIpc) is 2.54. The molecule has 1 heteroatoms. The molecule has 0 aromatic heterocycles. The number of hydrogen-bond donors (Lipinski definition) is 0. The fourth-order valence-electron chi connectivity index (χ4n) is 3.50. The number of unbranched alkanes of at least 4 members (excludes halogenated alkanes) is 1. The van der Waals surface area contributed by atoms with E-state index in [9.17, 15) is 4.39 Å². The molecule has 0 bridgehead atoms. The van der Waals surface area contributed by atoms with Crippen LogP contribution in [0.5, 0.6) is 0 Å². The van der Waals surface area contributed by atoms with Gasteiger partial charge < -0.3 is 0 Å². The van der Waals surface area contributed by atoms with Gasteiger partial charge in [-0.15, -0.1) is 6.58 Å². The highest BCUT2D eigenvalue weighted by molar-refractivity contribution is 5.45. The molecule has 0 amide bonds. The normalized spacial score (nSPS) is 24.9. The molecule has 0 saturated heterocycles. The van der Waals surface area contributed by atoms with Gasteiger partial charge in [0.25, 0.3) is 0 Å². The lowest BCUT2D eigenvalue weighted by molar-refractivity contribution is 0.353. The van der Waals surface area contributed by atoms with E-state index in [0.717, 1.165) is 0 Å². The second-order valence-corrected chi connectivity index (χ2v) is 5.96. The van der Waals surface area contributed by atoms with Crippen LogP contribution in [0.1, 0.15) is 57.1 Å². The quantitative estimate of drug-likeness (QED) is 0.641. The topological polar surface area (TPSA) is 0 Å². The zero-order valence-electron chi connectivity index (χ0n) is 11.7. The van der Waals surface area contributed by atoms with Gasteiger partial charge >= 0.3 is 0 Å². The SMILES string of the molecule is C=C[C@H]1C(CCCC)c2ccc(F)cc2C1(C)C. The van der Waals surface area contributed by atoms with Crippen molar-refractivity contribution in [2.75, 3.05) is 0 Å². The zero-order chi connectivity index (χ0) is 13.3. The minimum Gasteiger partial charge on any atom is -0.207 e. The van der Waals surface area contributed by atoms with Crippen molar-refractivity contribution in [1.29, 1.82) is 0 Å². The summed E-state index contributed by atoms with van der Waals surface area (Å²) in [7, 11) is 0. The maximum atomic E-state index is 13.5. The van der Waals surface area contributed by atoms with Gasteiger partial charge in [0, 0.05) is 0 Å². The van der Waals surface area contributed by atoms with Gasteiger partial charge in [-0.25, -0.2) is 4.39 Å². The van der Waals surface area contributed by atoms with Crippen LogP contribution in [0.4, 0.5) is 4.39 Å². The second kappa shape index (κ2) is 4.87. The molecule has 0 aliphatic heterocycles. The van der Waals surface area contributed by atoms with E-state index in [1.54, 1.807) is 12.1 Å². The van der Waals surface area contributed by atoms with Crippen LogP contribution in [-0.4, -0.2) is 0 Å². The Morgan fingerprint density at radius 3 is 2.72 bits per heavy atom. The van der Waals surface area contributed by atoms with Crippen LogP contribution < -0.4 is 0 Å². The second-order valence-electron chi connectivity index (χ2n) is 5.96. The molecular formula is C17H23F. The van der Waals surface area contributed by atoms with E-state index in [0.29, 0.717) is 11.8 Å². The molecule has 1 aliphatic carbocycles. The van der Waals surface area contributed by atoms with Crippen molar-refractivity contribution in [3.8, 4) is 0 Å². The first-order chi connectivity index (χ1) is 8.52. The van der Waals surface area contributed by atoms with E-state index < -0.39 is 0 Å². The Balaban J connectivity index is 2.46. The summed E-state index contributed by atoms with van der Waals surface area (Å²) in [5.41, 5.74) is 2.51. The lowest BCUT2D eigenvalue weighted by Gasteiger charge is -2.29. The van der Waals surface area contributed by atoms with Crippen molar-refractivity contribution in [2.24, 2.45) is 5.92 Å². The van der Waals surface area contributed by atoms with E-state index >= 15 is 0 Å². The molecule has 2 rings (SSSR count). The largest absolute Gasteiger partial charge is 0.207 e. The molecule has 1 unspecified atom stereocenters. The van der Waals surface area contributed by atoms with Gasteiger partial charge in [-0.05, 0) is 46.9 Å². The standard InChI is InChI=1S/C17H23F/c1-5-7-8-13-14-10-9-12(18)11-16(14)17(3,4)15(13)6-2/h6,9-11,13,15H,2,5,7-8H2,1,3-4H3/t13?,15-/m0/s1. The van der Waals surface area contributed by atoms with Crippen molar-refractivity contribution in [1.82, 2.24) is 0 Å². The fourth-order valence-corrected chi connectivity index (χ4v) is 3.50. The molecular weight excluding hydrogens is 223 g/mol. The molecule has 1 aromatic carbocycles. The minimum absolute atomic E-state index is 0.00239. The first kappa shape index (κ1) is 13.3. The Bertz CT molecular complexity index is 445. The molecule has 0 spiro atoms. The van der Waals surface area contributed by atoms with Gasteiger partial charge in [-0.2, -0.15) is 0 Å². The molecule has 0 radical (unpaired) electrons. The highest BCUT2D eigenvalue weighted by Gasteiger charge is 2.44. The Kier molecular flexibility index (Phi) is 3.61. The van der Waals surface area contributed by atoms with Crippen LogP contribution in [0.3, 0.4) is 0 Å². The minimum atomic E-state index is -0.124. The van der Waals surface area contributed by atoms with Crippen LogP contribution >= 0.6 is 0 Å². The number of fused-ring (bicyclic) bond motifs is 1. The number of benzene rings is 1. The highest BCUT2D eigenvalue weighted by atomic mass is 19.1.